The van der Waals surface area contributed by atoms with E-state index in [1.165, 1.54) is 10.8 Å². The molecule has 0 heterocycles. The summed E-state index contributed by atoms with van der Waals surface area (Å²) in [6.07, 6.45) is 2.42. The summed E-state index contributed by atoms with van der Waals surface area (Å²) in [7, 11) is 3.13. The lowest BCUT2D eigenvalue weighted by atomic mass is 9.94. The van der Waals surface area contributed by atoms with Gasteiger partial charge < -0.3 is 21.7 Å². The molecule has 0 rings (SSSR count). The summed E-state index contributed by atoms with van der Waals surface area (Å²) in [4.78, 5) is 21.5. The van der Waals surface area contributed by atoms with Crippen molar-refractivity contribution < 1.29 is 19.8 Å². The van der Waals surface area contributed by atoms with E-state index in [0.29, 0.717) is 18.6 Å². The Morgan fingerprint density at radius 3 is 2.00 bits per heavy atom. The van der Waals surface area contributed by atoms with E-state index in [1.54, 1.807) is 10.8 Å². The number of hydrogen-bond donors (Lipinski definition) is 4. The topological polar surface area (TPSA) is 127 Å². The predicted octanol–water partition coefficient (Wildman–Crippen LogP) is 1.53. The maximum absolute atomic E-state index is 10.9. The molecule has 2 unspecified atom stereocenters. The predicted molar refractivity (Wildman–Crippen MR) is 83.8 cm³/mol. The Morgan fingerprint density at radius 2 is 1.60 bits per heavy atom. The second kappa shape index (κ2) is 9.49. The standard InChI is InChI=1S/C12H24N2O4S2/c1-3-12(4-2,7-9(14)11(17)18)20-19-6-5-8(13)10(15)16/h8-9H,3-7,13-14H2,1-2H3,(H,15,16)(H,17,18). The average Bonchev–Trinajstić information content (AvgIpc) is 2.41. The molecule has 0 saturated carbocycles. The molecule has 6 N–H and O–H groups in total. The van der Waals surface area contributed by atoms with Gasteiger partial charge in [0.1, 0.15) is 12.1 Å². The molecule has 0 amide bonds. The molecule has 0 aliphatic rings. The summed E-state index contributed by atoms with van der Waals surface area (Å²) in [5, 5.41) is 17.6. The first-order valence-corrected chi connectivity index (χ1v) is 8.87. The Balaban J connectivity index is 4.32. The van der Waals surface area contributed by atoms with Crippen molar-refractivity contribution in [2.45, 2.75) is 56.4 Å². The summed E-state index contributed by atoms with van der Waals surface area (Å²) in [5.41, 5.74) is 11.1. The molecule has 8 heteroatoms. The first-order valence-electron chi connectivity index (χ1n) is 6.55. The van der Waals surface area contributed by atoms with Crippen molar-refractivity contribution in [3.63, 3.8) is 0 Å². The molecular formula is C12H24N2O4S2. The SMILES string of the molecule is CCC(CC)(CC(N)C(=O)O)SSCCC(N)C(=O)O. The molecule has 0 aliphatic heterocycles. The van der Waals surface area contributed by atoms with Gasteiger partial charge in [0.2, 0.25) is 0 Å². The first kappa shape index (κ1) is 19.6. The monoisotopic (exact) mass is 324 g/mol. The van der Waals surface area contributed by atoms with Crippen molar-refractivity contribution in [1.29, 1.82) is 0 Å². The lowest BCUT2D eigenvalue weighted by Gasteiger charge is -2.31. The highest BCUT2D eigenvalue weighted by Crippen LogP contribution is 2.44. The lowest BCUT2D eigenvalue weighted by Crippen LogP contribution is -2.38. The first-order chi connectivity index (χ1) is 9.28. The number of carboxylic acids is 2. The van der Waals surface area contributed by atoms with Crippen LogP contribution in [0.2, 0.25) is 0 Å². The molecule has 2 atom stereocenters. The van der Waals surface area contributed by atoms with Gasteiger partial charge in [0, 0.05) is 10.5 Å². The zero-order valence-corrected chi connectivity index (χ0v) is 13.5. The molecule has 0 aromatic heterocycles. The molecule has 0 bridgehead atoms. The molecule has 118 valence electrons. The maximum atomic E-state index is 10.9. The van der Waals surface area contributed by atoms with Crippen LogP contribution in [0.5, 0.6) is 0 Å². The largest absolute Gasteiger partial charge is 0.480 e. The number of aliphatic carboxylic acids is 2. The normalized spacial score (nSPS) is 14.8. The Hall–Kier alpha value is -0.440. The van der Waals surface area contributed by atoms with Crippen LogP contribution in [-0.2, 0) is 9.59 Å². The summed E-state index contributed by atoms with van der Waals surface area (Å²) < 4.78 is -0.199. The minimum Gasteiger partial charge on any atom is -0.480 e. The molecule has 0 radical (unpaired) electrons. The number of carboxylic acid groups (broad SMARTS) is 2. The minimum atomic E-state index is -0.999. The van der Waals surface area contributed by atoms with Crippen LogP contribution in [-0.4, -0.2) is 44.7 Å². The smallest absolute Gasteiger partial charge is 0.320 e. The van der Waals surface area contributed by atoms with Crippen molar-refractivity contribution in [3.05, 3.63) is 0 Å². The molecule has 0 aromatic carbocycles. The number of rotatable bonds is 11. The molecule has 0 saturated heterocycles. The fourth-order valence-electron chi connectivity index (χ4n) is 1.64. The Bertz CT molecular complexity index is 325. The van der Waals surface area contributed by atoms with Crippen molar-refractivity contribution in [1.82, 2.24) is 0 Å². The van der Waals surface area contributed by atoms with E-state index in [9.17, 15) is 9.59 Å². The van der Waals surface area contributed by atoms with E-state index in [0.717, 1.165) is 12.8 Å². The molecule has 6 nitrogen and oxygen atoms in total. The van der Waals surface area contributed by atoms with Crippen LogP contribution in [0.15, 0.2) is 0 Å². The summed E-state index contributed by atoms with van der Waals surface area (Å²) >= 11 is 0. The summed E-state index contributed by atoms with van der Waals surface area (Å²) in [5.74, 6) is -1.38. The van der Waals surface area contributed by atoms with Crippen LogP contribution >= 0.6 is 21.6 Å². The summed E-state index contributed by atoms with van der Waals surface area (Å²) in [6, 6.07) is -1.72. The average molecular weight is 324 g/mol. The molecule has 0 aromatic rings. The summed E-state index contributed by atoms with van der Waals surface area (Å²) in [6.45, 7) is 4.02. The van der Waals surface area contributed by atoms with Crippen molar-refractivity contribution in [3.8, 4) is 0 Å². The second-order valence-corrected chi connectivity index (χ2v) is 7.56. The second-order valence-electron chi connectivity index (χ2n) is 4.68. The van der Waals surface area contributed by atoms with Crippen molar-refractivity contribution >= 4 is 33.5 Å². The Kier molecular flexibility index (Phi) is 9.28. The number of hydrogen-bond acceptors (Lipinski definition) is 6. The highest BCUT2D eigenvalue weighted by Gasteiger charge is 2.32. The van der Waals surface area contributed by atoms with Gasteiger partial charge in [0.05, 0.1) is 0 Å². The van der Waals surface area contributed by atoms with E-state index in [1.807, 2.05) is 13.8 Å². The van der Waals surface area contributed by atoms with Gasteiger partial charge in [0.15, 0.2) is 0 Å². The van der Waals surface area contributed by atoms with E-state index in [2.05, 4.69) is 0 Å². The van der Waals surface area contributed by atoms with E-state index in [-0.39, 0.29) is 4.75 Å². The molecule has 0 fully saturated rings. The van der Waals surface area contributed by atoms with Gasteiger partial charge in [-0.25, -0.2) is 0 Å². The third-order valence-electron chi connectivity index (χ3n) is 3.26. The van der Waals surface area contributed by atoms with Gasteiger partial charge in [-0.2, -0.15) is 0 Å². The molecule has 20 heavy (non-hydrogen) atoms. The van der Waals surface area contributed by atoms with Crippen LogP contribution in [0.3, 0.4) is 0 Å². The quantitative estimate of drug-likeness (QED) is 0.333. The number of carbonyl (C=O) groups is 2. The van der Waals surface area contributed by atoms with E-state index < -0.39 is 24.0 Å². The van der Waals surface area contributed by atoms with Crippen LogP contribution in [0.4, 0.5) is 0 Å². The fraction of sp³-hybridized carbons (Fsp3) is 0.833. The van der Waals surface area contributed by atoms with Gasteiger partial charge in [-0.05, 0) is 25.7 Å². The molecule has 0 aliphatic carbocycles. The maximum Gasteiger partial charge on any atom is 0.320 e. The van der Waals surface area contributed by atoms with Crippen molar-refractivity contribution in [2.24, 2.45) is 11.5 Å². The molecule has 0 spiro atoms. The van der Waals surface area contributed by atoms with Gasteiger partial charge in [-0.15, -0.1) is 0 Å². The van der Waals surface area contributed by atoms with Gasteiger partial charge in [-0.3, -0.25) is 9.59 Å². The van der Waals surface area contributed by atoms with E-state index >= 15 is 0 Å². The zero-order valence-electron chi connectivity index (χ0n) is 11.9. The van der Waals surface area contributed by atoms with Crippen LogP contribution < -0.4 is 11.5 Å². The van der Waals surface area contributed by atoms with E-state index in [4.69, 9.17) is 21.7 Å². The molecular weight excluding hydrogens is 300 g/mol. The van der Waals surface area contributed by atoms with Crippen LogP contribution in [0.25, 0.3) is 0 Å². The van der Waals surface area contributed by atoms with Crippen molar-refractivity contribution in [2.75, 3.05) is 5.75 Å². The third kappa shape index (κ3) is 6.83. The number of nitrogens with two attached hydrogens (primary N) is 2. The fourth-order valence-corrected chi connectivity index (χ4v) is 5.01. The van der Waals surface area contributed by atoms with Gasteiger partial charge in [0.25, 0.3) is 0 Å². The third-order valence-corrected chi connectivity index (χ3v) is 6.79. The zero-order chi connectivity index (χ0) is 15.8. The minimum absolute atomic E-state index is 0.199. The Morgan fingerprint density at radius 1 is 1.10 bits per heavy atom. The Labute approximate surface area is 127 Å². The highest BCUT2D eigenvalue weighted by atomic mass is 33.1. The lowest BCUT2D eigenvalue weighted by molar-refractivity contribution is -0.139. The van der Waals surface area contributed by atoms with Crippen LogP contribution in [0.1, 0.15) is 39.5 Å². The highest BCUT2D eigenvalue weighted by molar-refractivity contribution is 8.77. The van der Waals surface area contributed by atoms with Crippen LogP contribution in [0, 0.1) is 0 Å². The van der Waals surface area contributed by atoms with Gasteiger partial charge >= 0.3 is 11.9 Å². The van der Waals surface area contributed by atoms with Gasteiger partial charge in [-0.1, -0.05) is 35.4 Å².